The van der Waals surface area contributed by atoms with Crippen LogP contribution in [0, 0.1) is 0 Å². The standard InChI is InChI=1S/C18H18N4O10/c1-27-13-7(9(15(23)29-3)19-21-11(13)17(25)31-5)8-10(16(24)30-4)20-22-12(14(8)28-2)18(26)32-6/h1-6H3. The molecule has 0 atom stereocenters. The average molecular weight is 450 g/mol. The van der Waals surface area contributed by atoms with Gasteiger partial charge in [0.1, 0.15) is 0 Å². The minimum atomic E-state index is -1.02. The average Bonchev–Trinajstić information content (AvgIpc) is 2.84. The first-order valence-corrected chi connectivity index (χ1v) is 8.54. The fourth-order valence-corrected chi connectivity index (χ4v) is 2.64. The van der Waals surface area contributed by atoms with Crippen molar-refractivity contribution in [3.8, 4) is 22.6 Å². The van der Waals surface area contributed by atoms with Crippen molar-refractivity contribution >= 4 is 23.9 Å². The van der Waals surface area contributed by atoms with Crippen LogP contribution in [-0.4, -0.2) is 86.9 Å². The van der Waals surface area contributed by atoms with Crippen molar-refractivity contribution in [2.24, 2.45) is 0 Å². The largest absolute Gasteiger partial charge is 0.493 e. The van der Waals surface area contributed by atoms with Crippen molar-refractivity contribution in [1.82, 2.24) is 20.4 Å². The number of hydrogen-bond donors (Lipinski definition) is 0. The van der Waals surface area contributed by atoms with E-state index in [2.05, 4.69) is 29.9 Å². The molecule has 0 unspecified atom stereocenters. The Morgan fingerprint density at radius 3 is 0.969 bits per heavy atom. The highest BCUT2D eigenvalue weighted by Crippen LogP contribution is 2.43. The lowest BCUT2D eigenvalue weighted by atomic mass is 9.98. The zero-order valence-corrected chi connectivity index (χ0v) is 17.9. The van der Waals surface area contributed by atoms with Crippen LogP contribution in [0.5, 0.6) is 11.5 Å². The summed E-state index contributed by atoms with van der Waals surface area (Å²) in [4.78, 5) is 49.4. The summed E-state index contributed by atoms with van der Waals surface area (Å²) in [7, 11) is 6.62. The Hall–Kier alpha value is -4.36. The van der Waals surface area contributed by atoms with Crippen LogP contribution in [0.15, 0.2) is 0 Å². The van der Waals surface area contributed by atoms with Gasteiger partial charge in [-0.25, -0.2) is 19.2 Å². The normalized spacial score (nSPS) is 10.1. The first kappa shape index (κ1) is 23.9. The maximum Gasteiger partial charge on any atom is 0.362 e. The monoisotopic (exact) mass is 450 g/mol. The highest BCUT2D eigenvalue weighted by Gasteiger charge is 2.36. The second kappa shape index (κ2) is 10.1. The fraction of sp³-hybridized carbons (Fsp3) is 0.333. The van der Waals surface area contributed by atoms with E-state index in [0.717, 1.165) is 42.7 Å². The van der Waals surface area contributed by atoms with Crippen LogP contribution >= 0.6 is 0 Å². The van der Waals surface area contributed by atoms with Crippen molar-refractivity contribution in [2.75, 3.05) is 42.7 Å². The predicted octanol–water partition coefficient (Wildman–Crippen LogP) is 0.0972. The Labute approximate surface area is 180 Å². The van der Waals surface area contributed by atoms with E-state index in [1.165, 1.54) is 0 Å². The van der Waals surface area contributed by atoms with Crippen LogP contribution in [0.2, 0.25) is 0 Å². The van der Waals surface area contributed by atoms with E-state index in [4.69, 9.17) is 18.9 Å². The first-order chi connectivity index (χ1) is 15.3. The Morgan fingerprint density at radius 1 is 0.469 bits per heavy atom. The van der Waals surface area contributed by atoms with Gasteiger partial charge in [0.05, 0.1) is 53.8 Å². The van der Waals surface area contributed by atoms with Crippen LogP contribution in [-0.2, 0) is 18.9 Å². The molecule has 0 aliphatic heterocycles. The van der Waals surface area contributed by atoms with Gasteiger partial charge in [0.25, 0.3) is 0 Å². The molecule has 14 heteroatoms. The minimum Gasteiger partial charge on any atom is -0.493 e. The van der Waals surface area contributed by atoms with E-state index in [-0.39, 0.29) is 22.6 Å². The molecule has 0 radical (unpaired) electrons. The third kappa shape index (κ3) is 4.10. The van der Waals surface area contributed by atoms with Crippen molar-refractivity contribution in [2.45, 2.75) is 0 Å². The summed E-state index contributed by atoms with van der Waals surface area (Å²) < 4.78 is 29.4. The van der Waals surface area contributed by atoms with Crippen LogP contribution < -0.4 is 9.47 Å². The lowest BCUT2D eigenvalue weighted by Crippen LogP contribution is -2.19. The van der Waals surface area contributed by atoms with E-state index >= 15 is 0 Å². The molecule has 0 N–H and O–H groups in total. The summed E-state index contributed by atoms with van der Waals surface area (Å²) in [5.74, 6) is -4.67. The van der Waals surface area contributed by atoms with Gasteiger partial charge in [0.2, 0.25) is 11.4 Å². The molecule has 2 heterocycles. The maximum absolute atomic E-state index is 12.5. The van der Waals surface area contributed by atoms with Crippen molar-refractivity contribution in [3.05, 3.63) is 22.8 Å². The van der Waals surface area contributed by atoms with Crippen molar-refractivity contribution < 1.29 is 47.6 Å². The molecule has 14 nitrogen and oxygen atoms in total. The predicted molar refractivity (Wildman–Crippen MR) is 102 cm³/mol. The molecule has 0 bridgehead atoms. The molecule has 0 saturated heterocycles. The number of aromatic nitrogens is 4. The van der Waals surface area contributed by atoms with Gasteiger partial charge >= 0.3 is 23.9 Å². The second-order valence-electron chi connectivity index (χ2n) is 5.58. The number of carbonyl (C=O) groups excluding carboxylic acids is 4. The van der Waals surface area contributed by atoms with Crippen LogP contribution in [0.25, 0.3) is 11.1 Å². The van der Waals surface area contributed by atoms with E-state index in [0.29, 0.717) is 0 Å². The molecule has 0 aliphatic rings. The molecular formula is C18H18N4O10. The Bertz CT molecular complexity index is 1000. The molecule has 2 aromatic rings. The summed E-state index contributed by atoms with van der Waals surface area (Å²) in [6.45, 7) is 0. The van der Waals surface area contributed by atoms with Gasteiger partial charge in [-0.3, -0.25) is 0 Å². The van der Waals surface area contributed by atoms with E-state index in [9.17, 15) is 19.2 Å². The summed E-state index contributed by atoms with van der Waals surface area (Å²) >= 11 is 0. The molecule has 0 aromatic carbocycles. The molecular weight excluding hydrogens is 432 g/mol. The third-order valence-electron chi connectivity index (χ3n) is 4.03. The highest BCUT2D eigenvalue weighted by molar-refractivity contribution is 6.08. The Kier molecular flexibility index (Phi) is 7.55. The van der Waals surface area contributed by atoms with Crippen LogP contribution in [0.1, 0.15) is 42.0 Å². The van der Waals surface area contributed by atoms with Gasteiger partial charge in [0.15, 0.2) is 22.9 Å². The Balaban J connectivity index is 3.17. The smallest absolute Gasteiger partial charge is 0.362 e. The number of ether oxygens (including phenoxy) is 6. The first-order valence-electron chi connectivity index (χ1n) is 8.54. The van der Waals surface area contributed by atoms with Gasteiger partial charge in [-0.1, -0.05) is 0 Å². The molecule has 0 spiro atoms. The lowest BCUT2D eigenvalue weighted by Gasteiger charge is -2.18. The summed E-state index contributed by atoms with van der Waals surface area (Å²) in [5.41, 5.74) is -2.52. The van der Waals surface area contributed by atoms with Crippen LogP contribution in [0.4, 0.5) is 0 Å². The summed E-state index contributed by atoms with van der Waals surface area (Å²) in [5, 5.41) is 14.8. The zero-order chi connectivity index (χ0) is 24.0. The van der Waals surface area contributed by atoms with E-state index < -0.39 is 46.7 Å². The van der Waals surface area contributed by atoms with Gasteiger partial charge < -0.3 is 28.4 Å². The van der Waals surface area contributed by atoms with Crippen molar-refractivity contribution in [3.63, 3.8) is 0 Å². The van der Waals surface area contributed by atoms with Crippen molar-refractivity contribution in [1.29, 1.82) is 0 Å². The molecule has 2 aromatic heterocycles. The van der Waals surface area contributed by atoms with E-state index in [1.807, 2.05) is 0 Å². The van der Waals surface area contributed by atoms with Gasteiger partial charge in [-0.05, 0) is 0 Å². The Morgan fingerprint density at radius 2 is 0.719 bits per heavy atom. The number of hydrogen-bond acceptors (Lipinski definition) is 14. The molecule has 32 heavy (non-hydrogen) atoms. The number of rotatable bonds is 7. The lowest BCUT2D eigenvalue weighted by molar-refractivity contribution is 0.0567. The SMILES string of the molecule is COC(=O)c1nnc(C(=O)OC)c(-c2c(C(=O)OC)nnc(C(=O)OC)c2OC)c1OC. The van der Waals surface area contributed by atoms with Crippen LogP contribution in [0.3, 0.4) is 0 Å². The fourth-order valence-electron chi connectivity index (χ4n) is 2.64. The minimum absolute atomic E-state index is 0.313. The van der Waals surface area contributed by atoms with Gasteiger partial charge in [-0.2, -0.15) is 0 Å². The molecule has 170 valence electrons. The molecule has 0 amide bonds. The molecule has 0 saturated carbocycles. The quantitative estimate of drug-likeness (QED) is 0.410. The third-order valence-corrected chi connectivity index (χ3v) is 4.03. The highest BCUT2D eigenvalue weighted by atomic mass is 16.5. The van der Waals surface area contributed by atoms with E-state index in [1.54, 1.807) is 0 Å². The maximum atomic E-state index is 12.5. The van der Waals surface area contributed by atoms with Gasteiger partial charge in [-0.15, -0.1) is 20.4 Å². The summed E-state index contributed by atoms with van der Waals surface area (Å²) in [6, 6.07) is 0. The molecule has 2 rings (SSSR count). The number of esters is 4. The number of nitrogens with zero attached hydrogens (tertiary/aromatic N) is 4. The number of carbonyl (C=O) groups is 4. The summed E-state index contributed by atoms with van der Waals surface area (Å²) in [6.07, 6.45) is 0. The number of methoxy groups -OCH3 is 6. The molecule has 0 fully saturated rings. The second-order valence-corrected chi connectivity index (χ2v) is 5.58. The zero-order valence-electron chi connectivity index (χ0n) is 17.9. The van der Waals surface area contributed by atoms with Gasteiger partial charge in [0, 0.05) is 0 Å². The molecule has 0 aliphatic carbocycles. The topological polar surface area (TPSA) is 175 Å².